The highest BCUT2D eigenvalue weighted by atomic mass is 19.4. The molecule has 1 aliphatic carbocycles. The van der Waals surface area contributed by atoms with Crippen molar-refractivity contribution < 1.29 is 22.8 Å². The molecule has 3 aliphatic rings. The molecular weight excluding hydrogens is 517 g/mol. The zero-order valence-electron chi connectivity index (χ0n) is 21.7. The maximum atomic E-state index is 13.5. The first kappa shape index (κ1) is 24.9. The van der Waals surface area contributed by atoms with Gasteiger partial charge in [0.15, 0.2) is 0 Å². The van der Waals surface area contributed by atoms with Crippen LogP contribution in [0.1, 0.15) is 30.4 Å². The van der Waals surface area contributed by atoms with Crippen LogP contribution in [0.4, 0.5) is 18.9 Å². The van der Waals surface area contributed by atoms with E-state index >= 15 is 0 Å². The predicted octanol–water partition coefficient (Wildman–Crippen LogP) is 6.14. The van der Waals surface area contributed by atoms with Crippen molar-refractivity contribution in [2.75, 3.05) is 18.4 Å². The number of halogens is 3. The van der Waals surface area contributed by atoms with Crippen LogP contribution < -0.4 is 5.32 Å². The van der Waals surface area contributed by atoms with E-state index in [0.29, 0.717) is 36.4 Å². The zero-order valence-corrected chi connectivity index (χ0v) is 21.7. The van der Waals surface area contributed by atoms with Gasteiger partial charge in [0.05, 0.1) is 23.0 Å². The molecule has 40 heavy (non-hydrogen) atoms. The summed E-state index contributed by atoms with van der Waals surface area (Å²) in [5.74, 6) is 1.19. The third-order valence-electron chi connectivity index (χ3n) is 8.25. The van der Waals surface area contributed by atoms with Gasteiger partial charge in [-0.05, 0) is 72.2 Å². The van der Waals surface area contributed by atoms with Crippen LogP contribution in [0.15, 0.2) is 60.7 Å². The normalized spacial score (nSPS) is 18.8. The van der Waals surface area contributed by atoms with E-state index in [2.05, 4.69) is 10.3 Å². The number of aromatic nitrogens is 2. The van der Waals surface area contributed by atoms with Crippen LogP contribution >= 0.6 is 0 Å². The van der Waals surface area contributed by atoms with E-state index in [-0.39, 0.29) is 23.7 Å². The summed E-state index contributed by atoms with van der Waals surface area (Å²) in [4.78, 5) is 31.0. The Morgan fingerprint density at radius 2 is 1.70 bits per heavy atom. The molecule has 1 N–H and O–H groups in total. The number of carbonyl (C=O) groups excluding carboxylic acids is 2. The number of amides is 2. The molecule has 2 amide bonds. The number of benzene rings is 3. The summed E-state index contributed by atoms with van der Waals surface area (Å²) in [7, 11) is 0. The number of alkyl halides is 3. The fourth-order valence-electron chi connectivity index (χ4n) is 5.96. The summed E-state index contributed by atoms with van der Waals surface area (Å²) in [6.07, 6.45) is -1.31. The lowest BCUT2D eigenvalue weighted by atomic mass is 10.0. The van der Waals surface area contributed by atoms with Gasteiger partial charge in [0.2, 0.25) is 11.8 Å². The number of anilines is 1. The molecule has 1 atom stereocenters. The molecule has 0 spiro atoms. The number of hydrogen-bond donors (Lipinski definition) is 1. The molecule has 2 aliphatic heterocycles. The smallest absolute Gasteiger partial charge is 0.342 e. The SMILES string of the molecule is O=C1Cc2cc(-c3ccc(-c4nc5cc(C(F)(F)F)ccc5n4C[C@@H]4CCN(C(=O)C5CC5)C4)cc3)ccc2N1. The fraction of sp³-hybridized carbons (Fsp3) is 0.323. The van der Waals surface area contributed by atoms with E-state index in [1.165, 1.54) is 6.07 Å². The standard InChI is InChI=1S/C31H27F3N4O2/c32-31(33,34)24-8-10-27-26(15-24)36-29(38(27)17-18-11-12-37(16-18)30(40)21-5-6-21)20-3-1-19(2-4-20)22-7-9-25-23(13-22)14-28(39)35-25/h1-4,7-10,13,15,18,21H,5-6,11-12,14,16-17H2,(H,35,39)/t18-/m1/s1. The van der Waals surface area contributed by atoms with Gasteiger partial charge >= 0.3 is 6.18 Å². The van der Waals surface area contributed by atoms with Gasteiger partial charge in [-0.2, -0.15) is 13.2 Å². The summed E-state index contributed by atoms with van der Waals surface area (Å²) < 4.78 is 42.4. The number of imidazole rings is 1. The lowest BCUT2D eigenvalue weighted by Crippen LogP contribution is -2.30. The van der Waals surface area contributed by atoms with Crippen LogP contribution in [0.3, 0.4) is 0 Å². The first-order valence-corrected chi connectivity index (χ1v) is 13.6. The van der Waals surface area contributed by atoms with Gasteiger partial charge < -0.3 is 14.8 Å². The van der Waals surface area contributed by atoms with Gasteiger partial charge in [0, 0.05) is 36.8 Å². The Labute approximate surface area is 228 Å². The van der Waals surface area contributed by atoms with Crippen molar-refractivity contribution in [3.8, 4) is 22.5 Å². The molecule has 0 radical (unpaired) electrons. The van der Waals surface area contributed by atoms with Crippen LogP contribution in [0, 0.1) is 11.8 Å². The second-order valence-corrected chi connectivity index (χ2v) is 11.1. The number of rotatable bonds is 5. The number of likely N-dealkylation sites (tertiary alicyclic amines) is 1. The first-order valence-electron chi connectivity index (χ1n) is 13.6. The zero-order chi connectivity index (χ0) is 27.6. The van der Waals surface area contributed by atoms with Crippen molar-refractivity contribution in [1.82, 2.24) is 14.5 Å². The highest BCUT2D eigenvalue weighted by molar-refractivity contribution is 5.99. The van der Waals surface area contributed by atoms with Gasteiger partial charge in [-0.25, -0.2) is 4.98 Å². The van der Waals surface area contributed by atoms with Crippen LogP contribution in [0.2, 0.25) is 0 Å². The van der Waals surface area contributed by atoms with E-state index < -0.39 is 11.7 Å². The van der Waals surface area contributed by atoms with Crippen LogP contribution in [0.5, 0.6) is 0 Å². The predicted molar refractivity (Wildman–Crippen MR) is 145 cm³/mol. The summed E-state index contributed by atoms with van der Waals surface area (Å²) in [6.45, 7) is 1.94. The second kappa shape index (κ2) is 9.21. The van der Waals surface area contributed by atoms with Crippen LogP contribution in [0.25, 0.3) is 33.5 Å². The van der Waals surface area contributed by atoms with Crippen molar-refractivity contribution in [2.24, 2.45) is 11.8 Å². The van der Waals surface area contributed by atoms with E-state index in [1.54, 1.807) is 0 Å². The highest BCUT2D eigenvalue weighted by Crippen LogP contribution is 2.36. The summed E-state index contributed by atoms with van der Waals surface area (Å²) in [5, 5.41) is 2.84. The van der Waals surface area contributed by atoms with Crippen molar-refractivity contribution in [2.45, 2.75) is 38.4 Å². The number of nitrogens with one attached hydrogen (secondary N) is 1. The Morgan fingerprint density at radius 1 is 0.950 bits per heavy atom. The number of nitrogens with zero attached hydrogens (tertiary/aromatic N) is 3. The molecular formula is C31H27F3N4O2. The van der Waals surface area contributed by atoms with Crippen molar-refractivity contribution in [3.05, 3.63) is 71.8 Å². The topological polar surface area (TPSA) is 67.2 Å². The van der Waals surface area contributed by atoms with Gasteiger partial charge in [-0.3, -0.25) is 9.59 Å². The lowest BCUT2D eigenvalue weighted by molar-refractivity contribution is -0.137. The Bertz CT molecular complexity index is 1650. The molecule has 4 aromatic rings. The first-order chi connectivity index (χ1) is 19.2. The minimum atomic E-state index is -4.45. The third kappa shape index (κ3) is 4.53. The largest absolute Gasteiger partial charge is 0.416 e. The number of fused-ring (bicyclic) bond motifs is 2. The van der Waals surface area contributed by atoms with Crippen LogP contribution in [-0.2, 0) is 28.7 Å². The maximum Gasteiger partial charge on any atom is 0.416 e. The average molecular weight is 545 g/mol. The molecule has 9 heteroatoms. The van der Waals surface area contributed by atoms with Gasteiger partial charge in [-0.1, -0.05) is 30.3 Å². The fourth-order valence-corrected chi connectivity index (χ4v) is 5.96. The molecule has 1 saturated carbocycles. The number of hydrogen-bond acceptors (Lipinski definition) is 3. The molecule has 3 aromatic carbocycles. The molecule has 1 aromatic heterocycles. The van der Waals surface area contributed by atoms with Gasteiger partial charge in [0.25, 0.3) is 0 Å². The summed E-state index contributed by atoms with van der Waals surface area (Å²) in [5.41, 5.74) is 4.77. The monoisotopic (exact) mass is 544 g/mol. The molecule has 7 rings (SSSR count). The average Bonchev–Trinajstić information content (AvgIpc) is 3.40. The Morgan fingerprint density at radius 3 is 2.45 bits per heavy atom. The minimum absolute atomic E-state index is 0.0163. The third-order valence-corrected chi connectivity index (χ3v) is 8.25. The molecule has 204 valence electrons. The molecule has 1 saturated heterocycles. The number of carbonyl (C=O) groups is 2. The molecule has 0 unspecified atom stereocenters. The highest BCUT2D eigenvalue weighted by Gasteiger charge is 2.37. The molecule has 3 heterocycles. The lowest BCUT2D eigenvalue weighted by Gasteiger charge is -2.18. The van der Waals surface area contributed by atoms with E-state index in [0.717, 1.165) is 65.9 Å². The van der Waals surface area contributed by atoms with Crippen molar-refractivity contribution in [3.63, 3.8) is 0 Å². The van der Waals surface area contributed by atoms with E-state index in [1.807, 2.05) is 51.9 Å². The Hall–Kier alpha value is -4.14. The second-order valence-electron chi connectivity index (χ2n) is 11.1. The molecule has 2 fully saturated rings. The van der Waals surface area contributed by atoms with Crippen LogP contribution in [-0.4, -0.2) is 39.4 Å². The summed E-state index contributed by atoms with van der Waals surface area (Å²) >= 11 is 0. The molecule has 6 nitrogen and oxygen atoms in total. The van der Waals surface area contributed by atoms with Gasteiger partial charge in [-0.15, -0.1) is 0 Å². The van der Waals surface area contributed by atoms with E-state index in [4.69, 9.17) is 0 Å². The quantitative estimate of drug-likeness (QED) is 0.328. The minimum Gasteiger partial charge on any atom is -0.342 e. The van der Waals surface area contributed by atoms with E-state index in [9.17, 15) is 22.8 Å². The summed E-state index contributed by atoms with van der Waals surface area (Å²) in [6, 6.07) is 17.4. The van der Waals surface area contributed by atoms with Crippen molar-refractivity contribution >= 4 is 28.5 Å². The Kier molecular flexibility index (Phi) is 5.73. The van der Waals surface area contributed by atoms with Gasteiger partial charge in [0.1, 0.15) is 5.82 Å². The Balaban J connectivity index is 1.22. The maximum absolute atomic E-state index is 13.5. The molecule has 0 bridgehead atoms. The van der Waals surface area contributed by atoms with Crippen molar-refractivity contribution in [1.29, 1.82) is 0 Å².